The lowest BCUT2D eigenvalue weighted by molar-refractivity contribution is -0.120. The largest absolute Gasteiger partial charge is 0.493 e. The molecule has 4 aromatic rings. The van der Waals surface area contributed by atoms with Gasteiger partial charge in [-0.15, -0.1) is 0 Å². The Kier molecular flexibility index (Phi) is 5.00. The van der Waals surface area contributed by atoms with Crippen LogP contribution in [0.4, 0.5) is 10.2 Å². The summed E-state index contributed by atoms with van der Waals surface area (Å²) in [5.41, 5.74) is 1.44. The van der Waals surface area contributed by atoms with Crippen molar-refractivity contribution >= 4 is 29.0 Å². The maximum Gasteiger partial charge on any atom is 0.241 e. The summed E-state index contributed by atoms with van der Waals surface area (Å²) in [4.78, 5) is 31.6. The van der Waals surface area contributed by atoms with E-state index >= 15 is 0 Å². The predicted molar refractivity (Wildman–Crippen MR) is 128 cm³/mol. The Bertz CT molecular complexity index is 1500. The van der Waals surface area contributed by atoms with Gasteiger partial charge in [0.05, 0.1) is 16.3 Å². The minimum absolute atomic E-state index is 0.0333. The molecule has 0 saturated heterocycles. The molecule has 1 fully saturated rings. The molecule has 1 atom stereocenters. The predicted octanol–water partition coefficient (Wildman–Crippen LogP) is 4.68. The van der Waals surface area contributed by atoms with Crippen LogP contribution >= 0.6 is 11.6 Å². The Labute approximate surface area is 205 Å². The molecule has 1 aromatic carbocycles. The van der Waals surface area contributed by atoms with Crippen molar-refractivity contribution in [2.45, 2.75) is 44.4 Å². The third-order valence-electron chi connectivity index (χ3n) is 6.88. The second kappa shape index (κ2) is 7.98. The number of nitrogens with one attached hydrogen (secondary N) is 1. The highest BCUT2D eigenvalue weighted by atomic mass is 35.5. The summed E-state index contributed by atoms with van der Waals surface area (Å²) in [7, 11) is 0. The highest BCUT2D eigenvalue weighted by Crippen LogP contribution is 2.58. The molecular weight excluding hydrogens is 471 g/mol. The second-order valence-electron chi connectivity index (χ2n) is 9.09. The van der Waals surface area contributed by atoms with Gasteiger partial charge in [0.1, 0.15) is 22.7 Å². The third kappa shape index (κ3) is 3.29. The summed E-state index contributed by atoms with van der Waals surface area (Å²) in [6, 6.07) is 4.31. The number of fused-ring (bicyclic) bond motifs is 2. The van der Waals surface area contributed by atoms with Gasteiger partial charge in [-0.1, -0.05) is 31.0 Å². The molecule has 8 nitrogen and oxygen atoms in total. The zero-order valence-corrected chi connectivity index (χ0v) is 19.7. The van der Waals surface area contributed by atoms with E-state index in [-0.39, 0.29) is 39.9 Å². The minimum atomic E-state index is -1.28. The molecule has 6 rings (SSSR count). The van der Waals surface area contributed by atoms with Crippen LogP contribution < -0.4 is 5.32 Å². The van der Waals surface area contributed by atoms with Gasteiger partial charge in [-0.25, -0.2) is 19.3 Å². The quantitative estimate of drug-likeness (QED) is 0.405. The number of rotatable bonds is 6. The molecule has 1 unspecified atom stereocenters. The van der Waals surface area contributed by atoms with Crippen molar-refractivity contribution in [1.82, 2.24) is 24.3 Å². The van der Waals surface area contributed by atoms with Crippen LogP contribution in [0.3, 0.4) is 0 Å². The Morgan fingerprint density at radius 1 is 1.29 bits per heavy atom. The van der Waals surface area contributed by atoms with Gasteiger partial charge >= 0.3 is 0 Å². The number of aromatic nitrogens is 5. The summed E-state index contributed by atoms with van der Waals surface area (Å²) >= 11 is 5.90. The standard InChI is InChI=1S/C25H22ClFN6O2/c1-2-3-4-17-22-28-9-10-33(22)12-18(29-17)20-30-21-19(23(34)31-20)25(13-5-6-13,24(35)32-21)14-7-8-15(26)16(27)11-14/h7-13H,2-6H2,1H3,(H2,30,31,32,34,35). The van der Waals surface area contributed by atoms with Gasteiger partial charge in [0.15, 0.2) is 11.5 Å². The summed E-state index contributed by atoms with van der Waals surface area (Å²) in [5, 5.41) is 14.0. The van der Waals surface area contributed by atoms with Gasteiger partial charge in [-0.2, -0.15) is 4.98 Å². The normalized spacial score (nSPS) is 19.2. The van der Waals surface area contributed by atoms with Crippen molar-refractivity contribution in [3.05, 3.63) is 64.5 Å². The third-order valence-corrected chi connectivity index (χ3v) is 7.19. The lowest BCUT2D eigenvalue weighted by Gasteiger charge is -2.28. The first-order valence-electron chi connectivity index (χ1n) is 11.6. The van der Waals surface area contributed by atoms with E-state index in [1.54, 1.807) is 18.5 Å². The Morgan fingerprint density at radius 3 is 2.86 bits per heavy atom. The highest BCUT2D eigenvalue weighted by Gasteiger charge is 2.60. The highest BCUT2D eigenvalue weighted by molar-refractivity contribution is 6.30. The molecular formula is C25H22ClFN6O2. The molecule has 0 radical (unpaired) electrons. The number of benzene rings is 1. The molecule has 35 heavy (non-hydrogen) atoms. The number of nitrogens with zero attached hydrogens (tertiary/aromatic N) is 5. The number of halogens is 2. The van der Waals surface area contributed by atoms with Crippen LogP contribution in [0, 0.1) is 11.7 Å². The van der Waals surface area contributed by atoms with Crippen molar-refractivity contribution in [3.8, 4) is 17.4 Å². The number of carbonyl (C=O) groups is 1. The number of hydrogen-bond donors (Lipinski definition) is 2. The Balaban J connectivity index is 1.51. The van der Waals surface area contributed by atoms with Crippen LogP contribution in [0.15, 0.2) is 36.8 Å². The smallest absolute Gasteiger partial charge is 0.241 e. The molecule has 1 aliphatic heterocycles. The van der Waals surface area contributed by atoms with E-state index in [0.29, 0.717) is 11.3 Å². The Morgan fingerprint density at radius 2 is 2.11 bits per heavy atom. The number of carbonyl (C=O) groups excluding carboxylic acids is 1. The van der Waals surface area contributed by atoms with Crippen LogP contribution in [-0.2, 0) is 16.6 Å². The number of unbranched alkanes of at least 4 members (excludes halogenated alkanes) is 1. The molecule has 0 spiro atoms. The number of anilines is 1. The number of amides is 1. The molecule has 3 aromatic heterocycles. The first-order chi connectivity index (χ1) is 16.9. The maximum atomic E-state index is 14.4. The van der Waals surface area contributed by atoms with Crippen molar-refractivity contribution in [2.24, 2.45) is 5.92 Å². The van der Waals surface area contributed by atoms with E-state index in [1.165, 1.54) is 12.1 Å². The summed E-state index contributed by atoms with van der Waals surface area (Å²) in [6.07, 6.45) is 9.49. The first-order valence-corrected chi connectivity index (χ1v) is 12.0. The van der Waals surface area contributed by atoms with Crippen molar-refractivity contribution in [2.75, 3.05) is 5.32 Å². The zero-order chi connectivity index (χ0) is 24.3. The van der Waals surface area contributed by atoms with Gasteiger partial charge in [0, 0.05) is 18.6 Å². The van der Waals surface area contributed by atoms with Gasteiger partial charge < -0.3 is 14.8 Å². The van der Waals surface area contributed by atoms with Crippen LogP contribution in [-0.4, -0.2) is 35.4 Å². The van der Waals surface area contributed by atoms with Crippen molar-refractivity contribution in [3.63, 3.8) is 0 Å². The molecule has 2 N–H and O–H groups in total. The van der Waals surface area contributed by atoms with Crippen LogP contribution in [0.1, 0.15) is 49.4 Å². The van der Waals surface area contributed by atoms with Crippen LogP contribution in [0.5, 0.6) is 5.88 Å². The molecule has 10 heteroatoms. The Hall–Kier alpha value is -3.59. The summed E-state index contributed by atoms with van der Waals surface area (Å²) in [6.45, 7) is 2.11. The first kappa shape index (κ1) is 21.9. The fourth-order valence-electron chi connectivity index (χ4n) is 5.11. The van der Waals surface area contributed by atoms with Crippen molar-refractivity contribution < 1.29 is 14.3 Å². The molecule has 178 valence electrons. The van der Waals surface area contributed by atoms with E-state index < -0.39 is 11.2 Å². The number of aryl methyl sites for hydroxylation is 1. The fourth-order valence-corrected chi connectivity index (χ4v) is 5.23. The average molecular weight is 493 g/mol. The summed E-state index contributed by atoms with van der Waals surface area (Å²) in [5.74, 6) is -1.02. The monoisotopic (exact) mass is 492 g/mol. The number of aromatic hydroxyl groups is 1. The van der Waals surface area contributed by atoms with E-state index in [1.807, 2.05) is 10.6 Å². The topological polar surface area (TPSA) is 105 Å². The maximum absolute atomic E-state index is 14.4. The van der Waals surface area contributed by atoms with Gasteiger partial charge in [-0.05, 0) is 49.3 Å². The number of hydrogen-bond acceptors (Lipinski definition) is 6. The summed E-state index contributed by atoms with van der Waals surface area (Å²) < 4.78 is 16.3. The molecule has 1 amide bonds. The second-order valence-corrected chi connectivity index (χ2v) is 9.50. The van der Waals surface area contributed by atoms with E-state index in [0.717, 1.165) is 43.4 Å². The lowest BCUT2D eigenvalue weighted by Crippen LogP contribution is -2.38. The minimum Gasteiger partial charge on any atom is -0.493 e. The lowest BCUT2D eigenvalue weighted by atomic mass is 9.72. The van der Waals surface area contributed by atoms with Gasteiger partial charge in [0.25, 0.3) is 0 Å². The van der Waals surface area contributed by atoms with E-state index in [9.17, 15) is 14.3 Å². The molecule has 1 saturated carbocycles. The molecule has 1 aliphatic carbocycles. The van der Waals surface area contributed by atoms with Crippen LogP contribution in [0.25, 0.3) is 17.2 Å². The average Bonchev–Trinajstić information content (AvgIpc) is 3.49. The van der Waals surface area contributed by atoms with E-state index in [2.05, 4.69) is 27.2 Å². The van der Waals surface area contributed by atoms with Gasteiger partial charge in [-0.3, -0.25) is 4.79 Å². The fraction of sp³-hybridized carbons (Fsp3) is 0.320. The molecule has 4 heterocycles. The molecule has 0 bridgehead atoms. The van der Waals surface area contributed by atoms with Crippen LogP contribution in [0.2, 0.25) is 5.02 Å². The number of imidazole rings is 1. The SMILES string of the molecule is CCCCc1nc(-c2nc(O)c3c(n2)NC(=O)C3(c2ccc(Cl)c(F)c2)C2CC2)cn2ccnc12. The van der Waals surface area contributed by atoms with Crippen molar-refractivity contribution in [1.29, 1.82) is 0 Å². The van der Waals surface area contributed by atoms with Gasteiger partial charge in [0.2, 0.25) is 11.8 Å². The molecule has 2 aliphatic rings. The zero-order valence-electron chi connectivity index (χ0n) is 18.9. The van der Waals surface area contributed by atoms with E-state index in [4.69, 9.17) is 16.6 Å².